The normalized spacial score (nSPS) is 14.1. The molecule has 1 nitrogen and oxygen atoms in total. The summed E-state index contributed by atoms with van der Waals surface area (Å²) < 4.78 is 26.4. The second-order valence-corrected chi connectivity index (χ2v) is 5.24. The van der Waals surface area contributed by atoms with E-state index in [0.29, 0.717) is 10.6 Å². The van der Waals surface area contributed by atoms with Crippen molar-refractivity contribution in [3.63, 3.8) is 0 Å². The Kier molecular flexibility index (Phi) is 4.73. The largest absolute Gasteiger partial charge is 0.304 e. The maximum Gasteiger partial charge on any atom is 0.126 e. The predicted octanol–water partition coefficient (Wildman–Crippen LogP) is 5.03. The highest BCUT2D eigenvalue weighted by molar-refractivity contribution is 6.31. The van der Waals surface area contributed by atoms with Crippen LogP contribution in [0.5, 0.6) is 0 Å². The standard InChI is InChI=1S/C16H16ClF2N/c1-10(12-7-13(18)9-14(19)8-12)20-11(2)15-5-3-4-6-16(15)17/h3-11,20H,1-2H3. The van der Waals surface area contributed by atoms with Crippen LogP contribution in [0.3, 0.4) is 0 Å². The van der Waals surface area contributed by atoms with Crippen LogP contribution in [0.1, 0.15) is 37.1 Å². The zero-order valence-electron chi connectivity index (χ0n) is 11.3. The van der Waals surface area contributed by atoms with E-state index in [1.807, 2.05) is 38.1 Å². The first-order valence-electron chi connectivity index (χ1n) is 6.44. The molecule has 1 N–H and O–H groups in total. The Bertz CT molecular complexity index is 581. The minimum atomic E-state index is -0.570. The van der Waals surface area contributed by atoms with E-state index in [1.54, 1.807) is 0 Å². The van der Waals surface area contributed by atoms with Gasteiger partial charge in [0, 0.05) is 23.2 Å². The number of benzene rings is 2. The lowest BCUT2D eigenvalue weighted by Gasteiger charge is -2.21. The highest BCUT2D eigenvalue weighted by Gasteiger charge is 2.14. The predicted molar refractivity (Wildman–Crippen MR) is 77.8 cm³/mol. The Morgan fingerprint density at radius 1 is 0.950 bits per heavy atom. The average Bonchev–Trinajstić information content (AvgIpc) is 2.37. The third-order valence-electron chi connectivity index (χ3n) is 3.26. The van der Waals surface area contributed by atoms with E-state index in [2.05, 4.69) is 5.32 Å². The fourth-order valence-electron chi connectivity index (χ4n) is 2.21. The first-order valence-corrected chi connectivity index (χ1v) is 6.81. The lowest BCUT2D eigenvalue weighted by atomic mass is 10.0. The van der Waals surface area contributed by atoms with E-state index in [1.165, 1.54) is 12.1 Å². The molecule has 20 heavy (non-hydrogen) atoms. The molecule has 2 unspecified atom stereocenters. The van der Waals surface area contributed by atoms with E-state index < -0.39 is 11.6 Å². The second-order valence-electron chi connectivity index (χ2n) is 4.83. The lowest BCUT2D eigenvalue weighted by molar-refractivity contribution is 0.487. The third-order valence-corrected chi connectivity index (χ3v) is 3.60. The summed E-state index contributed by atoms with van der Waals surface area (Å²) in [7, 11) is 0. The van der Waals surface area contributed by atoms with E-state index >= 15 is 0 Å². The van der Waals surface area contributed by atoms with Gasteiger partial charge in [-0.25, -0.2) is 8.78 Å². The second kappa shape index (κ2) is 6.33. The van der Waals surface area contributed by atoms with E-state index in [0.717, 1.165) is 11.6 Å². The SMILES string of the molecule is CC(NC(C)c1ccccc1Cl)c1cc(F)cc(F)c1. The highest BCUT2D eigenvalue weighted by Crippen LogP contribution is 2.25. The maximum atomic E-state index is 13.2. The van der Waals surface area contributed by atoms with Gasteiger partial charge in [-0.3, -0.25) is 0 Å². The van der Waals surface area contributed by atoms with Crippen LogP contribution in [-0.2, 0) is 0 Å². The summed E-state index contributed by atoms with van der Waals surface area (Å²) in [6, 6.07) is 10.8. The zero-order valence-corrected chi connectivity index (χ0v) is 12.1. The van der Waals surface area contributed by atoms with E-state index in [4.69, 9.17) is 11.6 Å². The van der Waals surface area contributed by atoms with Gasteiger partial charge in [-0.15, -0.1) is 0 Å². The summed E-state index contributed by atoms with van der Waals surface area (Å²) in [4.78, 5) is 0. The molecule has 0 spiro atoms. The van der Waals surface area contributed by atoms with Crippen LogP contribution >= 0.6 is 11.6 Å². The molecule has 0 aliphatic rings. The molecule has 0 amide bonds. The molecular weight excluding hydrogens is 280 g/mol. The Morgan fingerprint density at radius 2 is 1.55 bits per heavy atom. The summed E-state index contributed by atoms with van der Waals surface area (Å²) in [6.45, 7) is 3.83. The fraction of sp³-hybridized carbons (Fsp3) is 0.250. The van der Waals surface area contributed by atoms with Crippen molar-refractivity contribution in [3.8, 4) is 0 Å². The minimum Gasteiger partial charge on any atom is -0.304 e. The molecule has 0 saturated heterocycles. The maximum absolute atomic E-state index is 13.2. The highest BCUT2D eigenvalue weighted by atomic mass is 35.5. The molecule has 2 aromatic rings. The van der Waals surface area contributed by atoms with Crippen molar-refractivity contribution in [2.24, 2.45) is 0 Å². The Hall–Kier alpha value is -1.45. The van der Waals surface area contributed by atoms with Gasteiger partial charge in [0.2, 0.25) is 0 Å². The molecule has 0 aliphatic heterocycles. The summed E-state index contributed by atoms with van der Waals surface area (Å²) >= 11 is 6.14. The lowest BCUT2D eigenvalue weighted by Crippen LogP contribution is -2.23. The van der Waals surface area contributed by atoms with E-state index in [-0.39, 0.29) is 12.1 Å². The van der Waals surface area contributed by atoms with Gasteiger partial charge in [0.15, 0.2) is 0 Å². The first-order chi connectivity index (χ1) is 9.47. The number of hydrogen-bond donors (Lipinski definition) is 1. The summed E-state index contributed by atoms with van der Waals surface area (Å²) in [5.74, 6) is -1.14. The molecule has 2 aromatic carbocycles. The van der Waals surface area contributed by atoms with Crippen molar-refractivity contribution in [2.45, 2.75) is 25.9 Å². The van der Waals surface area contributed by atoms with Crippen LogP contribution in [0.15, 0.2) is 42.5 Å². The Balaban J connectivity index is 2.15. The molecule has 0 fully saturated rings. The van der Waals surface area contributed by atoms with Crippen LogP contribution in [0.2, 0.25) is 5.02 Å². The molecular formula is C16H16ClF2N. The molecule has 0 aromatic heterocycles. The fourth-order valence-corrected chi connectivity index (χ4v) is 2.51. The van der Waals surface area contributed by atoms with Crippen molar-refractivity contribution in [3.05, 3.63) is 70.2 Å². The molecule has 0 saturated carbocycles. The minimum absolute atomic E-state index is 0.0231. The summed E-state index contributed by atoms with van der Waals surface area (Å²) in [6.07, 6.45) is 0. The van der Waals surface area contributed by atoms with Crippen molar-refractivity contribution in [1.82, 2.24) is 5.32 Å². The van der Waals surface area contributed by atoms with Crippen LogP contribution in [0.25, 0.3) is 0 Å². The first kappa shape index (κ1) is 14.9. The van der Waals surface area contributed by atoms with Gasteiger partial charge >= 0.3 is 0 Å². The van der Waals surface area contributed by atoms with Gasteiger partial charge in [0.1, 0.15) is 11.6 Å². The molecule has 0 heterocycles. The Labute approximate surface area is 122 Å². The molecule has 2 atom stereocenters. The third kappa shape index (κ3) is 3.56. The molecule has 106 valence electrons. The Morgan fingerprint density at radius 3 is 2.15 bits per heavy atom. The summed E-state index contributed by atoms with van der Waals surface area (Å²) in [5, 5.41) is 3.96. The zero-order chi connectivity index (χ0) is 14.7. The van der Waals surface area contributed by atoms with Crippen LogP contribution < -0.4 is 5.32 Å². The molecule has 0 radical (unpaired) electrons. The van der Waals surface area contributed by atoms with Gasteiger partial charge in [0.25, 0.3) is 0 Å². The smallest absolute Gasteiger partial charge is 0.126 e. The summed E-state index contributed by atoms with van der Waals surface area (Å²) in [5.41, 5.74) is 1.53. The average molecular weight is 296 g/mol. The van der Waals surface area contributed by atoms with Gasteiger partial charge in [-0.05, 0) is 43.2 Å². The number of hydrogen-bond acceptors (Lipinski definition) is 1. The van der Waals surface area contributed by atoms with Crippen molar-refractivity contribution in [1.29, 1.82) is 0 Å². The molecule has 0 bridgehead atoms. The van der Waals surface area contributed by atoms with Crippen molar-refractivity contribution >= 4 is 11.6 Å². The van der Waals surface area contributed by atoms with Gasteiger partial charge < -0.3 is 5.32 Å². The molecule has 0 aliphatic carbocycles. The molecule has 2 rings (SSSR count). The van der Waals surface area contributed by atoms with Gasteiger partial charge in [-0.2, -0.15) is 0 Å². The van der Waals surface area contributed by atoms with Crippen LogP contribution in [0, 0.1) is 11.6 Å². The van der Waals surface area contributed by atoms with Crippen molar-refractivity contribution in [2.75, 3.05) is 0 Å². The van der Waals surface area contributed by atoms with Crippen LogP contribution in [-0.4, -0.2) is 0 Å². The van der Waals surface area contributed by atoms with Crippen molar-refractivity contribution < 1.29 is 8.78 Å². The van der Waals surface area contributed by atoms with Gasteiger partial charge in [-0.1, -0.05) is 29.8 Å². The topological polar surface area (TPSA) is 12.0 Å². The quantitative estimate of drug-likeness (QED) is 0.834. The van der Waals surface area contributed by atoms with Crippen LogP contribution in [0.4, 0.5) is 8.78 Å². The van der Waals surface area contributed by atoms with E-state index in [9.17, 15) is 8.78 Å². The van der Waals surface area contributed by atoms with Gasteiger partial charge in [0.05, 0.1) is 0 Å². The number of rotatable bonds is 4. The monoisotopic (exact) mass is 295 g/mol. The molecule has 4 heteroatoms. The number of halogens is 3. The number of nitrogens with one attached hydrogen (secondary N) is 1.